The van der Waals surface area contributed by atoms with Crippen LogP contribution in [0, 0.1) is 0 Å². The van der Waals surface area contributed by atoms with Crippen molar-refractivity contribution in [3.63, 3.8) is 0 Å². The van der Waals surface area contributed by atoms with Crippen LogP contribution in [0.1, 0.15) is 12.8 Å². The highest BCUT2D eigenvalue weighted by atomic mass is 32.2. The first-order valence-electron chi connectivity index (χ1n) is 5.93. The van der Waals surface area contributed by atoms with Gasteiger partial charge in [0.1, 0.15) is 10.6 Å². The van der Waals surface area contributed by atoms with Gasteiger partial charge in [0.25, 0.3) is 0 Å². The van der Waals surface area contributed by atoms with E-state index in [1.807, 2.05) is 6.26 Å². The van der Waals surface area contributed by atoms with E-state index in [1.54, 1.807) is 17.8 Å². The minimum Gasteiger partial charge on any atom is -0.495 e. The molecule has 0 aliphatic heterocycles. The summed E-state index contributed by atoms with van der Waals surface area (Å²) >= 11 is 1.75. The van der Waals surface area contributed by atoms with Gasteiger partial charge in [-0.2, -0.15) is 11.8 Å². The van der Waals surface area contributed by atoms with Gasteiger partial charge < -0.3 is 10.5 Å². The van der Waals surface area contributed by atoms with Crippen LogP contribution >= 0.6 is 11.8 Å². The van der Waals surface area contributed by atoms with Gasteiger partial charge >= 0.3 is 0 Å². The second-order valence-electron chi connectivity index (χ2n) is 4.01. The second-order valence-corrected chi connectivity index (χ2v) is 6.73. The van der Waals surface area contributed by atoms with Crippen molar-refractivity contribution in [2.24, 2.45) is 0 Å². The molecule has 0 saturated carbocycles. The van der Waals surface area contributed by atoms with Crippen LogP contribution in [0.2, 0.25) is 0 Å². The lowest BCUT2D eigenvalue weighted by Gasteiger charge is -2.11. The molecule has 0 fully saturated rings. The summed E-state index contributed by atoms with van der Waals surface area (Å²) in [5.41, 5.74) is 6.07. The van der Waals surface area contributed by atoms with Gasteiger partial charge in [-0.1, -0.05) is 0 Å². The molecule has 0 aliphatic carbocycles. The highest BCUT2D eigenvalue weighted by Crippen LogP contribution is 2.25. The van der Waals surface area contributed by atoms with Crippen molar-refractivity contribution in [3.05, 3.63) is 18.2 Å². The number of hydrogen-bond donors (Lipinski definition) is 2. The maximum absolute atomic E-state index is 12.1. The molecule has 5 nitrogen and oxygen atoms in total. The van der Waals surface area contributed by atoms with Gasteiger partial charge in [0.05, 0.1) is 7.11 Å². The Kier molecular flexibility index (Phi) is 6.47. The Hall–Kier alpha value is -0.920. The number of anilines is 1. The first-order chi connectivity index (χ1) is 9.01. The van der Waals surface area contributed by atoms with Gasteiger partial charge in [-0.05, 0) is 37.0 Å². The zero-order valence-corrected chi connectivity index (χ0v) is 12.8. The number of methoxy groups -OCH3 is 1. The standard InChI is InChI=1S/C12H20N2O3S2/c1-17-11-9-10(13)5-6-12(11)19(15,16)14-7-3-4-8-18-2/h5-6,9,14H,3-4,7-8,13H2,1-2H3. The molecule has 0 atom stereocenters. The molecule has 1 aromatic carbocycles. The smallest absolute Gasteiger partial charge is 0.244 e. The Labute approximate surface area is 119 Å². The molecule has 0 amide bonds. The molecule has 19 heavy (non-hydrogen) atoms. The third-order valence-electron chi connectivity index (χ3n) is 2.54. The van der Waals surface area contributed by atoms with Crippen LogP contribution in [0.5, 0.6) is 5.75 Å². The number of ether oxygens (including phenoxy) is 1. The maximum Gasteiger partial charge on any atom is 0.244 e. The molecule has 0 bridgehead atoms. The van der Waals surface area contributed by atoms with Crippen molar-refractivity contribution in [2.45, 2.75) is 17.7 Å². The molecule has 3 N–H and O–H groups in total. The predicted octanol–water partition coefficient (Wildman–Crippen LogP) is 1.70. The molecule has 1 rings (SSSR count). The SMILES string of the molecule is COc1cc(N)ccc1S(=O)(=O)NCCCCSC. The zero-order valence-electron chi connectivity index (χ0n) is 11.2. The van der Waals surface area contributed by atoms with Crippen molar-refractivity contribution in [1.29, 1.82) is 0 Å². The number of nitrogen functional groups attached to an aromatic ring is 1. The van der Waals surface area contributed by atoms with Gasteiger partial charge in [0, 0.05) is 18.3 Å². The van der Waals surface area contributed by atoms with Crippen LogP contribution in [0.15, 0.2) is 23.1 Å². The highest BCUT2D eigenvalue weighted by Gasteiger charge is 2.18. The number of rotatable bonds is 8. The van der Waals surface area contributed by atoms with Gasteiger partial charge in [-0.25, -0.2) is 13.1 Å². The first kappa shape index (κ1) is 16.1. The molecule has 7 heteroatoms. The molecular weight excluding hydrogens is 284 g/mol. The minimum atomic E-state index is -3.54. The van der Waals surface area contributed by atoms with Crippen molar-refractivity contribution in [2.75, 3.05) is 31.4 Å². The fraction of sp³-hybridized carbons (Fsp3) is 0.500. The summed E-state index contributed by atoms with van der Waals surface area (Å²) in [5.74, 6) is 1.30. The van der Waals surface area contributed by atoms with Crippen molar-refractivity contribution in [3.8, 4) is 5.75 Å². The van der Waals surface area contributed by atoms with Gasteiger partial charge in [0.15, 0.2) is 0 Å². The first-order valence-corrected chi connectivity index (χ1v) is 8.81. The Balaban J connectivity index is 2.72. The Bertz CT molecular complexity index is 504. The normalized spacial score (nSPS) is 11.5. The number of thioether (sulfide) groups is 1. The largest absolute Gasteiger partial charge is 0.495 e. The monoisotopic (exact) mass is 304 g/mol. The maximum atomic E-state index is 12.1. The van der Waals surface area contributed by atoms with E-state index in [4.69, 9.17) is 10.5 Å². The fourth-order valence-electron chi connectivity index (χ4n) is 1.56. The lowest BCUT2D eigenvalue weighted by molar-refractivity contribution is 0.402. The highest BCUT2D eigenvalue weighted by molar-refractivity contribution is 7.98. The number of nitrogens with two attached hydrogens (primary N) is 1. The average Bonchev–Trinajstić information content (AvgIpc) is 2.38. The predicted molar refractivity (Wildman–Crippen MR) is 80.2 cm³/mol. The molecular formula is C12H20N2O3S2. The summed E-state index contributed by atoms with van der Waals surface area (Å²) in [5, 5.41) is 0. The second kappa shape index (κ2) is 7.62. The van der Waals surface area contributed by atoms with E-state index in [0.29, 0.717) is 12.2 Å². The summed E-state index contributed by atoms with van der Waals surface area (Å²) in [7, 11) is -2.12. The topological polar surface area (TPSA) is 81.4 Å². The molecule has 0 unspecified atom stereocenters. The molecule has 0 aromatic heterocycles. The van der Waals surface area contributed by atoms with E-state index in [1.165, 1.54) is 19.2 Å². The number of sulfonamides is 1. The summed E-state index contributed by atoms with van der Waals surface area (Å²) in [6.45, 7) is 0.427. The molecule has 0 radical (unpaired) electrons. The van der Waals surface area contributed by atoms with E-state index in [2.05, 4.69) is 4.72 Å². The lowest BCUT2D eigenvalue weighted by atomic mass is 10.3. The summed E-state index contributed by atoms with van der Waals surface area (Å²) in [6, 6.07) is 4.51. The number of benzene rings is 1. The van der Waals surface area contributed by atoms with E-state index < -0.39 is 10.0 Å². The molecule has 0 heterocycles. The van der Waals surface area contributed by atoms with Crippen LogP contribution < -0.4 is 15.2 Å². The van der Waals surface area contributed by atoms with Gasteiger partial charge in [-0.15, -0.1) is 0 Å². The molecule has 1 aromatic rings. The summed E-state index contributed by atoms with van der Waals surface area (Å²) in [4.78, 5) is 0.120. The third kappa shape index (κ3) is 4.93. The minimum absolute atomic E-state index is 0.120. The fourth-order valence-corrected chi connectivity index (χ4v) is 3.28. The zero-order chi connectivity index (χ0) is 14.3. The Morgan fingerprint density at radius 3 is 2.74 bits per heavy atom. The van der Waals surface area contributed by atoms with E-state index in [-0.39, 0.29) is 10.6 Å². The quantitative estimate of drug-likeness (QED) is 0.564. The van der Waals surface area contributed by atoms with Crippen LogP contribution in [0.3, 0.4) is 0 Å². The average molecular weight is 304 g/mol. The van der Waals surface area contributed by atoms with Crippen LogP contribution in [-0.4, -0.2) is 34.1 Å². The van der Waals surface area contributed by atoms with Gasteiger partial charge in [-0.3, -0.25) is 0 Å². The van der Waals surface area contributed by atoms with E-state index >= 15 is 0 Å². The lowest BCUT2D eigenvalue weighted by Crippen LogP contribution is -2.25. The molecule has 108 valence electrons. The third-order valence-corrected chi connectivity index (χ3v) is 4.74. The molecule has 0 spiro atoms. The Morgan fingerprint density at radius 2 is 2.11 bits per heavy atom. The number of nitrogens with one attached hydrogen (secondary N) is 1. The van der Waals surface area contributed by atoms with Crippen molar-refractivity contribution >= 4 is 27.5 Å². The van der Waals surface area contributed by atoms with Crippen LogP contribution in [0.25, 0.3) is 0 Å². The number of unbranched alkanes of at least 4 members (excludes halogenated alkanes) is 1. The summed E-state index contributed by atoms with van der Waals surface area (Å²) in [6.07, 6.45) is 3.84. The molecule has 0 saturated heterocycles. The van der Waals surface area contributed by atoms with Crippen LogP contribution in [0.4, 0.5) is 5.69 Å². The van der Waals surface area contributed by atoms with Crippen molar-refractivity contribution < 1.29 is 13.2 Å². The molecule has 0 aliphatic rings. The van der Waals surface area contributed by atoms with Crippen molar-refractivity contribution in [1.82, 2.24) is 4.72 Å². The Morgan fingerprint density at radius 1 is 1.37 bits per heavy atom. The van der Waals surface area contributed by atoms with Gasteiger partial charge in [0.2, 0.25) is 10.0 Å². The van der Waals surface area contributed by atoms with Crippen LogP contribution in [-0.2, 0) is 10.0 Å². The van der Waals surface area contributed by atoms with E-state index in [9.17, 15) is 8.42 Å². The summed E-state index contributed by atoms with van der Waals surface area (Å²) < 4.78 is 31.9. The van der Waals surface area contributed by atoms with E-state index in [0.717, 1.165) is 18.6 Å². The number of hydrogen-bond acceptors (Lipinski definition) is 5.